The van der Waals surface area contributed by atoms with Crippen molar-refractivity contribution in [3.63, 3.8) is 0 Å². The van der Waals surface area contributed by atoms with Crippen LogP contribution in [0.1, 0.15) is 43.0 Å². The van der Waals surface area contributed by atoms with E-state index in [0.717, 1.165) is 11.4 Å². The van der Waals surface area contributed by atoms with Crippen LogP contribution >= 0.6 is 45.3 Å². The van der Waals surface area contributed by atoms with Crippen molar-refractivity contribution in [2.45, 2.75) is 70.1 Å². The molecule has 8 heteroatoms. The molecule has 18 rings (SSSR count). The molecule has 11 aromatic rings. The van der Waals surface area contributed by atoms with Crippen LogP contribution in [-0.4, -0.2) is 19.7 Å². The SMILES string of the molecule is CC1(C)c2cc(N(c3ccccc3)c3ccccc3)ccc2-c2cc3c4c(c21)Sc1ccccc1B4c1cc2c(cc1S3)Sc1cc3c4c5c1B2c1ccccc1S5(C)C4(C)c1cc(N(c2ccccc2)c2ccccc2)ccc1-3. The summed E-state index contributed by atoms with van der Waals surface area (Å²) in [6.45, 7) is 7.84. The van der Waals surface area contributed by atoms with Crippen molar-refractivity contribution < 1.29 is 0 Å². The fraction of sp³-hybridized carbons (Fsp3) is 0.0833. The molecule has 2 aliphatic carbocycles. The zero-order valence-corrected chi connectivity index (χ0v) is 47.9. The lowest BCUT2D eigenvalue weighted by Crippen LogP contribution is -2.65. The Morgan fingerprint density at radius 3 is 1.43 bits per heavy atom. The number of hydrogen-bond acceptors (Lipinski definition) is 5. The molecule has 0 fully saturated rings. The zero-order valence-electron chi connectivity index (χ0n) is 44.6. The van der Waals surface area contributed by atoms with Gasteiger partial charge in [-0.3, -0.25) is 0 Å². The zero-order chi connectivity index (χ0) is 53.0. The maximum absolute atomic E-state index is 2.71. The molecule has 80 heavy (non-hydrogen) atoms. The highest BCUT2D eigenvalue weighted by Gasteiger charge is 2.66. The summed E-state index contributed by atoms with van der Waals surface area (Å²) in [5, 5.41) is 0. The lowest BCUT2D eigenvalue weighted by molar-refractivity contribution is 0.647. The van der Waals surface area contributed by atoms with Gasteiger partial charge in [-0.25, -0.2) is 0 Å². The summed E-state index contributed by atoms with van der Waals surface area (Å²) >= 11 is 6.06. The van der Waals surface area contributed by atoms with Gasteiger partial charge in [-0.15, -0.1) is 0 Å². The van der Waals surface area contributed by atoms with E-state index in [0.29, 0.717) is 0 Å². The second kappa shape index (κ2) is 16.4. The van der Waals surface area contributed by atoms with Gasteiger partial charge in [0.25, 0.3) is 0 Å². The summed E-state index contributed by atoms with van der Waals surface area (Å²) in [6.07, 6.45) is 2.67. The molecule has 0 saturated carbocycles. The fourth-order valence-corrected chi connectivity index (χ4v) is 24.3. The van der Waals surface area contributed by atoms with E-state index in [9.17, 15) is 0 Å². The molecule has 0 radical (unpaired) electrons. The number of anilines is 6. The molecule has 0 saturated heterocycles. The van der Waals surface area contributed by atoms with Crippen LogP contribution in [0, 0.1) is 0 Å². The van der Waals surface area contributed by atoms with Crippen molar-refractivity contribution >= 4 is 126 Å². The average molecular weight is 1090 g/mol. The summed E-state index contributed by atoms with van der Waals surface area (Å²) in [4.78, 5) is 16.5. The highest BCUT2D eigenvalue weighted by Crippen LogP contribution is 2.87. The van der Waals surface area contributed by atoms with Gasteiger partial charge in [-0.2, -0.15) is 10.0 Å². The van der Waals surface area contributed by atoms with Gasteiger partial charge in [-0.1, -0.05) is 204 Å². The number of fused-ring (bicyclic) bond motifs is 17. The van der Waals surface area contributed by atoms with E-state index in [2.05, 4.69) is 267 Å². The number of rotatable bonds is 6. The van der Waals surface area contributed by atoms with Gasteiger partial charge in [0.05, 0.1) is 4.75 Å². The highest BCUT2D eigenvalue weighted by atomic mass is 32.3. The topological polar surface area (TPSA) is 6.48 Å². The van der Waals surface area contributed by atoms with E-state index in [4.69, 9.17) is 0 Å². The van der Waals surface area contributed by atoms with E-state index in [1.807, 2.05) is 35.3 Å². The summed E-state index contributed by atoms with van der Waals surface area (Å²) in [5.41, 5.74) is 27.2. The first kappa shape index (κ1) is 46.3. The van der Waals surface area contributed by atoms with Crippen molar-refractivity contribution in [3.8, 4) is 22.3 Å². The predicted molar refractivity (Wildman–Crippen MR) is 343 cm³/mol. The third-order valence-corrected chi connectivity index (χ3v) is 27.2. The van der Waals surface area contributed by atoms with Gasteiger partial charge < -0.3 is 9.80 Å². The van der Waals surface area contributed by atoms with E-state index < -0.39 is 10.0 Å². The largest absolute Gasteiger partial charge is 0.310 e. The molecule has 0 bridgehead atoms. The first-order chi connectivity index (χ1) is 39.2. The number of hydrogen-bond donors (Lipinski definition) is 0. The second-order valence-electron chi connectivity index (χ2n) is 23.3. The summed E-state index contributed by atoms with van der Waals surface area (Å²) < 4.78 is -0.127. The molecule has 2 unspecified atom stereocenters. The van der Waals surface area contributed by atoms with E-state index in [1.165, 1.54) is 118 Å². The minimum atomic E-state index is -1.52. The molecule has 5 heterocycles. The number of nitrogens with zero attached hydrogens (tertiary/aromatic N) is 2. The van der Waals surface area contributed by atoms with Crippen LogP contribution in [0.25, 0.3) is 22.3 Å². The lowest BCUT2D eigenvalue weighted by Gasteiger charge is -2.65. The molecule has 0 spiro atoms. The average Bonchev–Trinajstić information content (AvgIpc) is 4.00. The van der Waals surface area contributed by atoms with Gasteiger partial charge in [-0.05, 0) is 175 Å². The van der Waals surface area contributed by atoms with Crippen molar-refractivity contribution in [1.82, 2.24) is 0 Å². The van der Waals surface area contributed by atoms with Crippen LogP contribution in [0.2, 0.25) is 0 Å². The van der Waals surface area contributed by atoms with E-state index in [1.54, 1.807) is 20.8 Å². The van der Waals surface area contributed by atoms with Crippen molar-refractivity contribution in [2.75, 3.05) is 16.1 Å². The Kier molecular flexibility index (Phi) is 9.47. The molecule has 2 atom stereocenters. The molecule has 11 aromatic carbocycles. The van der Waals surface area contributed by atoms with Crippen LogP contribution in [0.3, 0.4) is 0 Å². The van der Waals surface area contributed by atoms with Crippen molar-refractivity contribution in [3.05, 3.63) is 253 Å². The first-order valence-electron chi connectivity index (χ1n) is 27.9. The number of para-hydroxylation sites is 4. The lowest BCUT2D eigenvalue weighted by atomic mass is 9.33. The van der Waals surface area contributed by atoms with Gasteiger partial charge in [0.2, 0.25) is 13.4 Å². The van der Waals surface area contributed by atoms with E-state index in [-0.39, 0.29) is 23.6 Å². The van der Waals surface area contributed by atoms with Gasteiger partial charge in [0.15, 0.2) is 0 Å². The summed E-state index contributed by atoms with van der Waals surface area (Å²) in [6, 6.07) is 87.6. The molecule has 0 N–H and O–H groups in total. The maximum Gasteiger partial charge on any atom is 0.247 e. The Bertz CT molecular complexity index is 4470. The van der Waals surface area contributed by atoms with Gasteiger partial charge in [0.1, 0.15) is 0 Å². The molecule has 5 aliphatic heterocycles. The van der Waals surface area contributed by atoms with Gasteiger partial charge in [0, 0.05) is 68.9 Å². The minimum Gasteiger partial charge on any atom is -0.310 e. The molecule has 378 valence electrons. The summed E-state index contributed by atoms with van der Waals surface area (Å²) in [7, 11) is -1.52. The van der Waals surface area contributed by atoms with Crippen LogP contribution < -0.4 is 42.6 Å². The number of benzene rings is 11. The molecular formula is C72H50B2N2S4. The monoisotopic (exact) mass is 1090 g/mol. The van der Waals surface area contributed by atoms with Crippen molar-refractivity contribution in [2.24, 2.45) is 0 Å². The maximum atomic E-state index is 2.71. The smallest absolute Gasteiger partial charge is 0.247 e. The standard InChI is InChI=1S/C72H50B2N2S4/c1-71(2)53-37-47(75(43-21-9-5-10-22-43)44-23-11-6-12-24-44)33-35-49(53)51-39-62-67-69(65(51)71)79-59-31-19-17-29-55(59)73(67)57-41-58-61(42-60(57)77-62)78-63-40-52-50-36-34-48(76(45-25-13-7-14-26-45)46-27-15-8-16-28-46)38-54(50)72(3)66(52)70-68(63)74(58)56-30-18-20-32-64(56)80(70,72)4/h5-42H,1-4H3. The van der Waals surface area contributed by atoms with Gasteiger partial charge >= 0.3 is 0 Å². The third kappa shape index (κ3) is 5.85. The Morgan fingerprint density at radius 1 is 0.362 bits per heavy atom. The Labute approximate surface area is 483 Å². The quantitative estimate of drug-likeness (QED) is 0.153. The first-order valence-corrected chi connectivity index (χ1v) is 32.4. The third-order valence-electron chi connectivity index (χ3n) is 19.1. The summed E-state index contributed by atoms with van der Waals surface area (Å²) in [5.74, 6) is 0. The fourth-order valence-electron chi connectivity index (χ4n) is 15.6. The van der Waals surface area contributed by atoms with E-state index >= 15 is 0 Å². The van der Waals surface area contributed by atoms with Crippen LogP contribution in [0.15, 0.2) is 270 Å². The Hall–Kier alpha value is -7.45. The molecule has 0 amide bonds. The van der Waals surface area contributed by atoms with Crippen molar-refractivity contribution in [1.29, 1.82) is 0 Å². The molecule has 2 nitrogen and oxygen atoms in total. The van der Waals surface area contributed by atoms with Crippen LogP contribution in [0.4, 0.5) is 34.1 Å². The Balaban J connectivity index is 0.797. The van der Waals surface area contributed by atoms with Crippen LogP contribution in [-0.2, 0) is 10.2 Å². The minimum absolute atomic E-state index is 0.123. The second-order valence-corrected chi connectivity index (χ2v) is 30.0. The Morgan fingerprint density at radius 2 is 0.838 bits per heavy atom. The molecule has 0 aromatic heterocycles. The normalized spacial score (nSPS) is 19.3. The molecular weight excluding hydrogens is 1040 g/mol. The highest BCUT2D eigenvalue weighted by molar-refractivity contribution is 8.35. The molecule has 7 aliphatic rings. The van der Waals surface area contributed by atoms with Crippen LogP contribution in [0.5, 0.6) is 0 Å². The predicted octanol–water partition coefficient (Wildman–Crippen LogP) is 15.8.